The average molecular weight is 478 g/mol. The molecule has 2 rings (SSSR count). The quantitative estimate of drug-likeness (QED) is 0.570. The summed E-state index contributed by atoms with van der Waals surface area (Å²) in [6, 6.07) is 11.7. The molecule has 2 aromatic carbocycles. The predicted molar refractivity (Wildman–Crippen MR) is 128 cm³/mol. The Labute approximate surface area is 195 Å². The first-order chi connectivity index (χ1) is 15.4. The smallest absolute Gasteiger partial charge is 0.244 e. The molecule has 0 bridgehead atoms. The maximum absolute atomic E-state index is 13.8. The second kappa shape index (κ2) is 11.3. The molecule has 0 heterocycles. The van der Waals surface area contributed by atoms with Gasteiger partial charge in [0.15, 0.2) is 0 Å². The van der Waals surface area contributed by atoms with Crippen LogP contribution in [0.5, 0.6) is 0 Å². The number of amides is 2. The van der Waals surface area contributed by atoms with Gasteiger partial charge in [-0.1, -0.05) is 49.7 Å². The van der Waals surface area contributed by atoms with Crippen LogP contribution in [0.15, 0.2) is 48.5 Å². The molecule has 0 fully saturated rings. The molecule has 33 heavy (non-hydrogen) atoms. The predicted octanol–water partition coefficient (Wildman–Crippen LogP) is 3.09. The standard InChI is InChI=1S/C24H32FN3O4S/c1-17(2)14-26-24(30)19(4)27(15-20-9-6-8-18(3)12-20)23(29)16-28(33(5,31)32)22-11-7-10-21(25)13-22/h6-13,17,19H,14-16H2,1-5H3,(H,26,30)/t19-/m0/s1. The first-order valence-electron chi connectivity index (χ1n) is 10.7. The number of hydrogen-bond donors (Lipinski definition) is 1. The van der Waals surface area contributed by atoms with E-state index in [0.717, 1.165) is 27.8 Å². The van der Waals surface area contributed by atoms with Crippen molar-refractivity contribution in [3.8, 4) is 0 Å². The fourth-order valence-corrected chi connectivity index (χ4v) is 4.13. The lowest BCUT2D eigenvalue weighted by Crippen LogP contribution is -2.51. The zero-order chi connectivity index (χ0) is 24.8. The van der Waals surface area contributed by atoms with Gasteiger partial charge in [-0.25, -0.2) is 12.8 Å². The second-order valence-corrected chi connectivity index (χ2v) is 10.5. The molecule has 0 spiro atoms. The van der Waals surface area contributed by atoms with E-state index in [4.69, 9.17) is 0 Å². The largest absolute Gasteiger partial charge is 0.354 e. The Bertz CT molecular complexity index is 1090. The first kappa shape index (κ1) is 26.3. The number of carbonyl (C=O) groups is 2. The minimum absolute atomic E-state index is 0.0401. The van der Waals surface area contributed by atoms with Gasteiger partial charge in [-0.3, -0.25) is 13.9 Å². The number of nitrogens with one attached hydrogen (secondary N) is 1. The highest BCUT2D eigenvalue weighted by Gasteiger charge is 2.30. The third-order valence-corrected chi connectivity index (χ3v) is 6.20. The molecule has 2 aromatic rings. The van der Waals surface area contributed by atoms with E-state index in [2.05, 4.69) is 5.32 Å². The fourth-order valence-electron chi connectivity index (χ4n) is 3.29. The van der Waals surface area contributed by atoms with E-state index < -0.39 is 34.3 Å². The first-order valence-corrected chi connectivity index (χ1v) is 12.6. The van der Waals surface area contributed by atoms with Gasteiger partial charge in [0.1, 0.15) is 18.4 Å². The number of aryl methyl sites for hydroxylation is 1. The molecule has 0 aromatic heterocycles. The SMILES string of the molecule is Cc1cccc(CN(C(=O)CN(c2cccc(F)c2)S(C)(=O)=O)[C@@H](C)C(=O)NCC(C)C)c1. The molecule has 0 aliphatic heterocycles. The minimum Gasteiger partial charge on any atom is -0.354 e. The molecular formula is C24H32FN3O4S. The molecule has 0 aliphatic carbocycles. The molecule has 0 unspecified atom stereocenters. The van der Waals surface area contributed by atoms with Crippen molar-refractivity contribution in [3.05, 3.63) is 65.5 Å². The lowest BCUT2D eigenvalue weighted by Gasteiger charge is -2.31. The maximum Gasteiger partial charge on any atom is 0.244 e. The summed E-state index contributed by atoms with van der Waals surface area (Å²) >= 11 is 0. The normalized spacial score (nSPS) is 12.3. The number of nitrogens with zero attached hydrogens (tertiary/aromatic N) is 2. The van der Waals surface area contributed by atoms with Gasteiger partial charge in [0.2, 0.25) is 21.8 Å². The lowest BCUT2D eigenvalue weighted by atomic mass is 10.1. The lowest BCUT2D eigenvalue weighted by molar-refractivity contribution is -0.139. The number of hydrogen-bond acceptors (Lipinski definition) is 4. The molecule has 0 radical (unpaired) electrons. The molecule has 7 nitrogen and oxygen atoms in total. The molecular weight excluding hydrogens is 445 g/mol. The van der Waals surface area contributed by atoms with Gasteiger partial charge in [-0.05, 0) is 43.5 Å². The van der Waals surface area contributed by atoms with Crippen molar-refractivity contribution >= 4 is 27.5 Å². The number of rotatable bonds is 10. The van der Waals surface area contributed by atoms with Gasteiger partial charge >= 0.3 is 0 Å². The van der Waals surface area contributed by atoms with Crippen LogP contribution in [0, 0.1) is 18.7 Å². The van der Waals surface area contributed by atoms with Crippen molar-refractivity contribution in [3.63, 3.8) is 0 Å². The van der Waals surface area contributed by atoms with Gasteiger partial charge in [0, 0.05) is 13.1 Å². The van der Waals surface area contributed by atoms with Gasteiger partial charge < -0.3 is 10.2 Å². The van der Waals surface area contributed by atoms with Gasteiger partial charge in [-0.15, -0.1) is 0 Å². The Hall–Kier alpha value is -2.94. The Kier molecular flexibility index (Phi) is 8.99. The van der Waals surface area contributed by atoms with Crippen LogP contribution in [0.3, 0.4) is 0 Å². The summed E-state index contributed by atoms with van der Waals surface area (Å²) in [5.74, 6) is -1.29. The molecule has 9 heteroatoms. The summed E-state index contributed by atoms with van der Waals surface area (Å²) in [6.07, 6.45) is 0.953. The highest BCUT2D eigenvalue weighted by Crippen LogP contribution is 2.20. The highest BCUT2D eigenvalue weighted by atomic mass is 32.2. The van der Waals surface area contributed by atoms with Crippen molar-refractivity contribution in [2.24, 2.45) is 5.92 Å². The van der Waals surface area contributed by atoms with E-state index in [1.807, 2.05) is 45.0 Å². The Morgan fingerprint density at radius 3 is 2.30 bits per heavy atom. The third kappa shape index (κ3) is 7.85. The van der Waals surface area contributed by atoms with E-state index >= 15 is 0 Å². The fraction of sp³-hybridized carbons (Fsp3) is 0.417. The van der Waals surface area contributed by atoms with Gasteiger partial charge in [0.05, 0.1) is 11.9 Å². The van der Waals surface area contributed by atoms with Gasteiger partial charge in [0.25, 0.3) is 0 Å². The van der Waals surface area contributed by atoms with Crippen LogP contribution >= 0.6 is 0 Å². The number of benzene rings is 2. The Morgan fingerprint density at radius 2 is 1.73 bits per heavy atom. The van der Waals surface area contributed by atoms with Crippen LogP contribution in [-0.4, -0.2) is 50.5 Å². The van der Waals surface area contributed by atoms with Crippen molar-refractivity contribution in [2.45, 2.75) is 40.3 Å². The second-order valence-electron chi connectivity index (χ2n) is 8.58. The summed E-state index contributed by atoms with van der Waals surface area (Å²) in [4.78, 5) is 27.5. The van der Waals surface area contributed by atoms with Crippen LogP contribution in [0.25, 0.3) is 0 Å². The van der Waals surface area contributed by atoms with Crippen molar-refractivity contribution in [2.75, 3.05) is 23.7 Å². The van der Waals surface area contributed by atoms with Crippen LogP contribution < -0.4 is 9.62 Å². The van der Waals surface area contributed by atoms with Crippen molar-refractivity contribution in [1.29, 1.82) is 0 Å². The number of anilines is 1. The van der Waals surface area contributed by atoms with E-state index in [9.17, 15) is 22.4 Å². The van der Waals surface area contributed by atoms with E-state index in [1.54, 1.807) is 6.92 Å². The molecule has 1 atom stereocenters. The van der Waals surface area contributed by atoms with E-state index in [-0.39, 0.29) is 24.1 Å². The highest BCUT2D eigenvalue weighted by molar-refractivity contribution is 7.92. The monoisotopic (exact) mass is 477 g/mol. The topological polar surface area (TPSA) is 86.8 Å². The Morgan fingerprint density at radius 1 is 1.06 bits per heavy atom. The van der Waals surface area contributed by atoms with Crippen LogP contribution in [-0.2, 0) is 26.2 Å². The summed E-state index contributed by atoms with van der Waals surface area (Å²) < 4.78 is 39.5. The molecule has 0 saturated carbocycles. The molecule has 180 valence electrons. The maximum atomic E-state index is 13.8. The summed E-state index contributed by atoms with van der Waals surface area (Å²) in [7, 11) is -3.89. The Balaban J connectivity index is 2.36. The van der Waals surface area contributed by atoms with Crippen LogP contribution in [0.4, 0.5) is 10.1 Å². The van der Waals surface area contributed by atoms with E-state index in [1.165, 1.54) is 23.1 Å². The minimum atomic E-state index is -3.89. The molecule has 2 amide bonds. The average Bonchev–Trinajstić information content (AvgIpc) is 2.72. The zero-order valence-corrected chi connectivity index (χ0v) is 20.5. The summed E-state index contributed by atoms with van der Waals surface area (Å²) in [5.41, 5.74) is 1.84. The molecule has 0 aliphatic rings. The molecule has 1 N–H and O–H groups in total. The van der Waals surface area contributed by atoms with Crippen LogP contribution in [0.1, 0.15) is 31.9 Å². The van der Waals surface area contributed by atoms with Crippen LogP contribution in [0.2, 0.25) is 0 Å². The summed E-state index contributed by atoms with van der Waals surface area (Å²) in [5, 5.41) is 2.82. The van der Waals surface area contributed by atoms with Gasteiger partial charge in [-0.2, -0.15) is 0 Å². The van der Waals surface area contributed by atoms with Crippen molar-refractivity contribution in [1.82, 2.24) is 10.2 Å². The summed E-state index contributed by atoms with van der Waals surface area (Å²) in [6.45, 7) is 7.47. The number of carbonyl (C=O) groups excluding carboxylic acids is 2. The zero-order valence-electron chi connectivity index (χ0n) is 19.7. The molecule has 0 saturated heterocycles. The third-order valence-electron chi connectivity index (χ3n) is 5.06. The van der Waals surface area contributed by atoms with E-state index in [0.29, 0.717) is 6.54 Å². The number of halogens is 1. The number of sulfonamides is 1. The van der Waals surface area contributed by atoms with Crippen molar-refractivity contribution < 1.29 is 22.4 Å².